The van der Waals surface area contributed by atoms with Crippen molar-refractivity contribution < 1.29 is 9.53 Å². The van der Waals surface area contributed by atoms with Gasteiger partial charge < -0.3 is 21.1 Å². The summed E-state index contributed by atoms with van der Waals surface area (Å²) in [6, 6.07) is -0.0453. The van der Waals surface area contributed by atoms with Gasteiger partial charge in [0.1, 0.15) is 10.7 Å². The van der Waals surface area contributed by atoms with Crippen molar-refractivity contribution in [2.24, 2.45) is 11.8 Å². The van der Waals surface area contributed by atoms with Crippen LogP contribution in [0.15, 0.2) is 0 Å². The molecular formula is C14H26N4O2S. The fraction of sp³-hybridized carbons (Fsp3) is 0.714. The smallest absolute Gasteiger partial charge is 0.265 e. The van der Waals surface area contributed by atoms with Gasteiger partial charge in [0.05, 0.1) is 12.6 Å². The third-order valence-electron chi connectivity index (χ3n) is 2.99. The van der Waals surface area contributed by atoms with E-state index in [1.54, 1.807) is 7.11 Å². The first-order valence-electron chi connectivity index (χ1n) is 7.15. The zero-order valence-corrected chi connectivity index (χ0v) is 14.2. The number of anilines is 2. The molecule has 21 heavy (non-hydrogen) atoms. The quantitative estimate of drug-likeness (QED) is 0.684. The van der Waals surface area contributed by atoms with Crippen LogP contribution < -0.4 is 16.4 Å². The van der Waals surface area contributed by atoms with E-state index in [4.69, 9.17) is 10.5 Å². The van der Waals surface area contributed by atoms with Gasteiger partial charge in [-0.05, 0) is 11.8 Å². The van der Waals surface area contributed by atoms with Gasteiger partial charge in [0.15, 0.2) is 5.13 Å². The van der Waals surface area contributed by atoms with Crippen molar-refractivity contribution >= 4 is 28.2 Å². The molecule has 0 radical (unpaired) electrons. The molecule has 1 atom stereocenters. The Kier molecular flexibility index (Phi) is 6.91. The molecule has 1 rings (SSSR count). The van der Waals surface area contributed by atoms with Gasteiger partial charge in [0.25, 0.3) is 5.91 Å². The maximum absolute atomic E-state index is 12.3. The molecule has 4 N–H and O–H groups in total. The van der Waals surface area contributed by atoms with Crippen LogP contribution in [0.2, 0.25) is 0 Å². The lowest BCUT2D eigenvalue weighted by Gasteiger charge is -2.21. The number of methoxy groups -OCH3 is 1. The number of rotatable bonds is 8. The first kappa shape index (κ1) is 17.7. The van der Waals surface area contributed by atoms with Gasteiger partial charge in [-0.2, -0.15) is 0 Å². The first-order chi connectivity index (χ1) is 9.85. The normalized spacial score (nSPS) is 12.7. The maximum Gasteiger partial charge on any atom is 0.265 e. The summed E-state index contributed by atoms with van der Waals surface area (Å²) in [4.78, 5) is 16.9. The molecule has 0 aliphatic heterocycles. The predicted octanol–water partition coefficient (Wildman–Crippen LogP) is 2.19. The van der Waals surface area contributed by atoms with Gasteiger partial charge in [-0.3, -0.25) is 4.79 Å². The molecule has 0 saturated heterocycles. The van der Waals surface area contributed by atoms with Crippen molar-refractivity contribution in [3.63, 3.8) is 0 Å². The number of carbonyl (C=O) groups is 1. The molecule has 0 aromatic carbocycles. The van der Waals surface area contributed by atoms with Crippen LogP contribution in [0.4, 0.5) is 10.9 Å². The molecule has 0 aliphatic rings. The van der Waals surface area contributed by atoms with Crippen molar-refractivity contribution in [3.05, 3.63) is 4.88 Å². The number of carbonyl (C=O) groups excluding carboxylic acids is 1. The minimum absolute atomic E-state index is 0.0453. The summed E-state index contributed by atoms with van der Waals surface area (Å²) in [5.41, 5.74) is 5.84. The highest BCUT2D eigenvalue weighted by Crippen LogP contribution is 2.25. The molecule has 1 aromatic heterocycles. The molecule has 0 saturated carbocycles. The topological polar surface area (TPSA) is 89.3 Å². The Balaban J connectivity index is 2.73. The van der Waals surface area contributed by atoms with E-state index in [-0.39, 0.29) is 23.7 Å². The number of nitrogens with two attached hydrogens (primary N) is 1. The molecule has 1 heterocycles. The molecular weight excluding hydrogens is 288 g/mol. The average molecular weight is 314 g/mol. The molecule has 0 aliphatic carbocycles. The summed E-state index contributed by atoms with van der Waals surface area (Å²) in [6.07, 6.45) is 0. The summed E-state index contributed by atoms with van der Waals surface area (Å²) >= 11 is 1.28. The van der Waals surface area contributed by atoms with Gasteiger partial charge in [0, 0.05) is 13.7 Å². The lowest BCUT2D eigenvalue weighted by Crippen LogP contribution is -2.41. The van der Waals surface area contributed by atoms with Crippen molar-refractivity contribution in [2.45, 2.75) is 33.7 Å². The van der Waals surface area contributed by atoms with Crippen LogP contribution in [0.1, 0.15) is 37.4 Å². The number of thiazole rings is 1. The minimum Gasteiger partial charge on any atom is -0.383 e. The Morgan fingerprint density at radius 3 is 2.57 bits per heavy atom. The predicted molar refractivity (Wildman–Crippen MR) is 87.8 cm³/mol. The number of aromatic nitrogens is 1. The summed E-state index contributed by atoms with van der Waals surface area (Å²) in [5, 5.41) is 6.82. The summed E-state index contributed by atoms with van der Waals surface area (Å²) in [6.45, 7) is 9.56. The van der Waals surface area contributed by atoms with E-state index in [0.717, 1.165) is 6.54 Å². The van der Waals surface area contributed by atoms with Gasteiger partial charge in [-0.1, -0.05) is 39.0 Å². The van der Waals surface area contributed by atoms with Crippen LogP contribution in [0.5, 0.6) is 0 Å². The lowest BCUT2D eigenvalue weighted by atomic mass is 10.1. The molecule has 1 unspecified atom stereocenters. The third kappa shape index (κ3) is 5.51. The molecule has 1 amide bonds. The Hall–Kier alpha value is -1.34. The second-order valence-corrected chi connectivity index (χ2v) is 6.79. The van der Waals surface area contributed by atoms with Crippen LogP contribution in [0.3, 0.4) is 0 Å². The zero-order chi connectivity index (χ0) is 16.0. The molecule has 0 fully saturated rings. The Morgan fingerprint density at radius 1 is 1.38 bits per heavy atom. The van der Waals surface area contributed by atoms with Crippen LogP contribution in [-0.2, 0) is 4.74 Å². The van der Waals surface area contributed by atoms with E-state index in [9.17, 15) is 4.79 Å². The Labute approximate surface area is 130 Å². The van der Waals surface area contributed by atoms with Gasteiger partial charge in [-0.15, -0.1) is 0 Å². The van der Waals surface area contributed by atoms with E-state index < -0.39 is 0 Å². The van der Waals surface area contributed by atoms with E-state index in [1.807, 2.05) is 13.8 Å². The molecule has 0 bridgehead atoms. The lowest BCUT2D eigenvalue weighted by molar-refractivity contribution is 0.0871. The SMILES string of the molecule is COCC(NC(=O)c1sc(NCC(C)C)nc1N)C(C)C. The Bertz CT molecular complexity index is 460. The number of ether oxygens (including phenoxy) is 1. The van der Waals surface area contributed by atoms with Crippen molar-refractivity contribution in [1.29, 1.82) is 0 Å². The van der Waals surface area contributed by atoms with Crippen molar-refractivity contribution in [1.82, 2.24) is 10.3 Å². The third-order valence-corrected chi connectivity index (χ3v) is 4.02. The fourth-order valence-corrected chi connectivity index (χ4v) is 2.47. The highest BCUT2D eigenvalue weighted by Gasteiger charge is 2.21. The van der Waals surface area contributed by atoms with Crippen molar-refractivity contribution in [3.8, 4) is 0 Å². The van der Waals surface area contributed by atoms with Gasteiger partial charge in [-0.25, -0.2) is 4.98 Å². The molecule has 0 spiro atoms. The van der Waals surface area contributed by atoms with Crippen molar-refractivity contribution in [2.75, 3.05) is 31.3 Å². The van der Waals surface area contributed by atoms with Gasteiger partial charge in [0.2, 0.25) is 0 Å². The number of hydrogen-bond acceptors (Lipinski definition) is 6. The number of hydrogen-bond donors (Lipinski definition) is 3. The van der Waals surface area contributed by atoms with E-state index in [2.05, 4.69) is 29.5 Å². The van der Waals surface area contributed by atoms with Crippen LogP contribution in [0.25, 0.3) is 0 Å². The number of nitrogens with one attached hydrogen (secondary N) is 2. The monoisotopic (exact) mass is 314 g/mol. The number of nitrogens with zero attached hydrogens (tertiary/aromatic N) is 1. The van der Waals surface area contributed by atoms with Crippen LogP contribution >= 0.6 is 11.3 Å². The minimum atomic E-state index is -0.196. The fourth-order valence-electron chi connectivity index (χ4n) is 1.68. The largest absolute Gasteiger partial charge is 0.383 e. The second-order valence-electron chi connectivity index (χ2n) is 5.79. The molecule has 6 nitrogen and oxygen atoms in total. The van der Waals surface area contributed by atoms with Crippen LogP contribution in [0, 0.1) is 11.8 Å². The highest BCUT2D eigenvalue weighted by molar-refractivity contribution is 7.18. The van der Waals surface area contributed by atoms with E-state index >= 15 is 0 Å². The highest BCUT2D eigenvalue weighted by atomic mass is 32.1. The summed E-state index contributed by atoms with van der Waals surface area (Å²) < 4.78 is 5.13. The summed E-state index contributed by atoms with van der Waals surface area (Å²) in [5.74, 6) is 0.850. The van der Waals surface area contributed by atoms with E-state index in [1.165, 1.54) is 11.3 Å². The molecule has 120 valence electrons. The van der Waals surface area contributed by atoms with Crippen LogP contribution in [-0.4, -0.2) is 37.2 Å². The first-order valence-corrected chi connectivity index (χ1v) is 7.96. The Morgan fingerprint density at radius 2 is 2.05 bits per heavy atom. The molecule has 1 aromatic rings. The molecule has 7 heteroatoms. The second kappa shape index (κ2) is 8.19. The summed E-state index contributed by atoms with van der Waals surface area (Å²) in [7, 11) is 1.62. The average Bonchev–Trinajstić information content (AvgIpc) is 2.77. The van der Waals surface area contributed by atoms with Gasteiger partial charge >= 0.3 is 0 Å². The number of nitrogen functional groups attached to an aromatic ring is 1. The maximum atomic E-state index is 12.3. The zero-order valence-electron chi connectivity index (χ0n) is 13.4. The van der Waals surface area contributed by atoms with E-state index in [0.29, 0.717) is 22.5 Å². The standard InChI is InChI=1S/C14H26N4O2S/c1-8(2)6-16-14-18-12(15)11(21-14)13(19)17-10(7-20-5)9(3)4/h8-10H,6-7,15H2,1-5H3,(H,16,18)(H,17,19). The number of amides is 1.